The first-order chi connectivity index (χ1) is 10.1. The zero-order valence-electron chi connectivity index (χ0n) is 14.9. The van der Waals surface area contributed by atoms with Crippen LogP contribution in [0.3, 0.4) is 0 Å². The molecule has 0 unspecified atom stereocenters. The Morgan fingerprint density at radius 1 is 1.36 bits per heavy atom. The van der Waals surface area contributed by atoms with Gasteiger partial charge in [0.25, 0.3) is 0 Å². The van der Waals surface area contributed by atoms with Crippen molar-refractivity contribution in [2.75, 3.05) is 6.61 Å². The predicted molar refractivity (Wildman–Crippen MR) is 87.3 cm³/mol. The van der Waals surface area contributed by atoms with E-state index in [1.807, 2.05) is 13.0 Å². The van der Waals surface area contributed by atoms with Gasteiger partial charge < -0.3 is 4.74 Å². The van der Waals surface area contributed by atoms with Crippen LogP contribution < -0.4 is 0 Å². The number of hydrogen-bond acceptors (Lipinski definition) is 3. The van der Waals surface area contributed by atoms with Crippen LogP contribution >= 0.6 is 0 Å². The fraction of sp³-hybridized carbons (Fsp3) is 0.789. The SMILES string of the molecule is CCOC(=O)[C@H](/C=C1/C(=O)[C@@]2(C)CC[C@H]1C2(C)C)CC(C)C. The molecule has 2 fully saturated rings. The van der Waals surface area contributed by atoms with Crippen LogP contribution in [-0.2, 0) is 14.3 Å². The fourth-order valence-electron chi connectivity index (χ4n) is 4.33. The number of rotatable bonds is 5. The molecule has 0 amide bonds. The van der Waals surface area contributed by atoms with Gasteiger partial charge in [-0.25, -0.2) is 0 Å². The van der Waals surface area contributed by atoms with E-state index in [2.05, 4.69) is 34.6 Å². The first-order valence-electron chi connectivity index (χ1n) is 8.58. The van der Waals surface area contributed by atoms with Gasteiger partial charge in [-0.2, -0.15) is 0 Å². The standard InChI is InChI=1S/C19H30O3/c1-7-22-17(21)13(10-12(2)3)11-14-15-8-9-19(6,16(14)20)18(15,4)5/h11-13,15H,7-10H2,1-6H3/b14-11+/t13-,15+,19+/m0/s1. The summed E-state index contributed by atoms with van der Waals surface area (Å²) in [5, 5.41) is 0. The van der Waals surface area contributed by atoms with Gasteiger partial charge in [-0.3, -0.25) is 9.59 Å². The second-order valence-corrected chi connectivity index (χ2v) is 8.08. The highest BCUT2D eigenvalue weighted by Crippen LogP contribution is 2.65. The zero-order valence-corrected chi connectivity index (χ0v) is 14.9. The van der Waals surface area contributed by atoms with Crippen molar-refractivity contribution in [1.82, 2.24) is 0 Å². The number of hydrogen-bond donors (Lipinski definition) is 0. The minimum absolute atomic E-state index is 0.00699. The number of carbonyl (C=O) groups is 2. The summed E-state index contributed by atoms with van der Waals surface area (Å²) in [7, 11) is 0. The van der Waals surface area contributed by atoms with Crippen molar-refractivity contribution in [1.29, 1.82) is 0 Å². The molecular weight excluding hydrogens is 276 g/mol. The van der Waals surface area contributed by atoms with Crippen molar-refractivity contribution < 1.29 is 14.3 Å². The fourth-order valence-corrected chi connectivity index (χ4v) is 4.33. The van der Waals surface area contributed by atoms with Crippen molar-refractivity contribution >= 4 is 11.8 Å². The van der Waals surface area contributed by atoms with Crippen LogP contribution in [0.5, 0.6) is 0 Å². The maximum absolute atomic E-state index is 12.9. The Labute approximate surface area is 134 Å². The van der Waals surface area contributed by atoms with Crippen LogP contribution in [0.2, 0.25) is 0 Å². The lowest BCUT2D eigenvalue weighted by Gasteiger charge is -2.31. The molecule has 2 aliphatic rings. The monoisotopic (exact) mass is 306 g/mol. The van der Waals surface area contributed by atoms with Gasteiger partial charge in [-0.1, -0.05) is 40.7 Å². The van der Waals surface area contributed by atoms with E-state index in [0.29, 0.717) is 12.5 Å². The number of esters is 1. The number of allylic oxidation sites excluding steroid dienone is 1. The van der Waals surface area contributed by atoms with Crippen LogP contribution in [0.15, 0.2) is 11.6 Å². The van der Waals surface area contributed by atoms with Gasteiger partial charge in [-0.15, -0.1) is 0 Å². The minimum atomic E-state index is -0.294. The summed E-state index contributed by atoms with van der Waals surface area (Å²) in [6.45, 7) is 12.9. The van der Waals surface area contributed by atoms with Gasteiger partial charge in [-0.05, 0) is 49.0 Å². The number of ketones is 1. The molecule has 0 saturated heterocycles. The molecule has 2 aliphatic carbocycles. The maximum Gasteiger partial charge on any atom is 0.312 e. The van der Waals surface area contributed by atoms with Crippen LogP contribution in [0.25, 0.3) is 0 Å². The molecule has 124 valence electrons. The smallest absolute Gasteiger partial charge is 0.312 e. The first kappa shape index (κ1) is 17.2. The van der Waals surface area contributed by atoms with Crippen molar-refractivity contribution in [2.24, 2.45) is 28.6 Å². The summed E-state index contributed by atoms with van der Waals surface area (Å²) in [5.41, 5.74) is 0.616. The first-order valence-corrected chi connectivity index (χ1v) is 8.58. The van der Waals surface area contributed by atoms with Gasteiger partial charge >= 0.3 is 5.97 Å². The maximum atomic E-state index is 12.9. The molecule has 2 saturated carbocycles. The highest BCUT2D eigenvalue weighted by Gasteiger charge is 2.63. The number of carbonyl (C=O) groups excluding carboxylic acids is 2. The number of Topliss-reactive ketones (excluding diaryl/α,β-unsaturated/α-hetero) is 1. The third kappa shape index (κ3) is 2.53. The van der Waals surface area contributed by atoms with Crippen molar-refractivity contribution in [3.8, 4) is 0 Å². The van der Waals surface area contributed by atoms with Crippen molar-refractivity contribution in [3.63, 3.8) is 0 Å². The Morgan fingerprint density at radius 2 is 2.00 bits per heavy atom. The summed E-state index contributed by atoms with van der Waals surface area (Å²) in [4.78, 5) is 25.1. The van der Waals surface area contributed by atoms with Gasteiger partial charge in [0.1, 0.15) is 0 Å². The normalized spacial score (nSPS) is 32.8. The van der Waals surface area contributed by atoms with Crippen LogP contribution in [0.1, 0.15) is 60.8 Å². The summed E-state index contributed by atoms with van der Waals surface area (Å²) in [6.07, 6.45) is 4.70. The van der Waals surface area contributed by atoms with Gasteiger partial charge in [0, 0.05) is 5.41 Å². The summed E-state index contributed by atoms with van der Waals surface area (Å²) < 4.78 is 5.21. The Kier molecular flexibility index (Phi) is 4.56. The topological polar surface area (TPSA) is 43.4 Å². The van der Waals surface area contributed by atoms with E-state index in [1.165, 1.54) is 0 Å². The Morgan fingerprint density at radius 3 is 2.45 bits per heavy atom. The van der Waals surface area contributed by atoms with E-state index < -0.39 is 0 Å². The van der Waals surface area contributed by atoms with E-state index in [1.54, 1.807) is 0 Å². The lowest BCUT2D eigenvalue weighted by atomic mass is 9.70. The minimum Gasteiger partial charge on any atom is -0.466 e. The zero-order chi connectivity index (χ0) is 16.7. The average molecular weight is 306 g/mol. The number of fused-ring (bicyclic) bond motifs is 2. The summed E-state index contributed by atoms with van der Waals surface area (Å²) in [5.74, 6) is 0.448. The van der Waals surface area contributed by atoms with Crippen LogP contribution in [0, 0.1) is 28.6 Å². The van der Waals surface area contributed by atoms with Gasteiger partial charge in [0.05, 0.1) is 12.5 Å². The summed E-state index contributed by atoms with van der Waals surface area (Å²) in [6, 6.07) is 0. The van der Waals surface area contributed by atoms with E-state index in [-0.39, 0.29) is 34.4 Å². The third-order valence-corrected chi connectivity index (χ3v) is 6.06. The molecular formula is C19H30O3. The predicted octanol–water partition coefficient (Wildman–Crippen LogP) is 4.16. The molecule has 2 bridgehead atoms. The molecule has 0 spiro atoms. The Hall–Kier alpha value is -1.12. The van der Waals surface area contributed by atoms with Crippen LogP contribution in [0.4, 0.5) is 0 Å². The third-order valence-electron chi connectivity index (χ3n) is 6.06. The summed E-state index contributed by atoms with van der Waals surface area (Å²) >= 11 is 0. The lowest BCUT2D eigenvalue weighted by molar-refractivity contribution is -0.146. The van der Waals surface area contributed by atoms with E-state index in [9.17, 15) is 9.59 Å². The van der Waals surface area contributed by atoms with Gasteiger partial charge in [0.15, 0.2) is 5.78 Å². The molecule has 0 N–H and O–H groups in total. The quantitative estimate of drug-likeness (QED) is 0.566. The van der Waals surface area contributed by atoms with Crippen molar-refractivity contribution in [3.05, 3.63) is 11.6 Å². The van der Waals surface area contributed by atoms with E-state index in [0.717, 1.165) is 24.8 Å². The second kappa shape index (κ2) is 5.82. The molecule has 0 aliphatic heterocycles. The average Bonchev–Trinajstić information content (AvgIpc) is 2.72. The highest BCUT2D eigenvalue weighted by atomic mass is 16.5. The second-order valence-electron chi connectivity index (χ2n) is 8.08. The molecule has 3 atom stereocenters. The molecule has 0 radical (unpaired) electrons. The highest BCUT2D eigenvalue weighted by molar-refractivity contribution is 6.05. The molecule has 22 heavy (non-hydrogen) atoms. The van der Waals surface area contributed by atoms with E-state index in [4.69, 9.17) is 4.74 Å². The molecule has 0 aromatic heterocycles. The van der Waals surface area contributed by atoms with Gasteiger partial charge in [0.2, 0.25) is 0 Å². The van der Waals surface area contributed by atoms with Crippen molar-refractivity contribution in [2.45, 2.75) is 60.8 Å². The molecule has 2 rings (SSSR count). The molecule has 0 aromatic carbocycles. The largest absolute Gasteiger partial charge is 0.466 e. The van der Waals surface area contributed by atoms with Crippen LogP contribution in [-0.4, -0.2) is 18.4 Å². The van der Waals surface area contributed by atoms with E-state index >= 15 is 0 Å². The molecule has 3 heteroatoms. The Bertz CT molecular complexity index is 501. The Balaban J connectivity index is 2.33. The lowest BCUT2D eigenvalue weighted by Crippen LogP contribution is -2.32. The number of ether oxygens (including phenoxy) is 1. The molecule has 0 aromatic rings. The molecule has 3 nitrogen and oxygen atoms in total. The molecule has 0 heterocycles.